The molecule has 0 heterocycles. The highest BCUT2D eigenvalue weighted by molar-refractivity contribution is 6.39. The third kappa shape index (κ3) is 7.31. The van der Waals surface area contributed by atoms with Crippen LogP contribution in [0.15, 0.2) is 48.5 Å². The van der Waals surface area contributed by atoms with Crippen molar-refractivity contribution in [2.45, 2.75) is 39.7 Å². The lowest BCUT2D eigenvalue weighted by molar-refractivity contribution is -0.136. The van der Waals surface area contributed by atoms with Crippen molar-refractivity contribution >= 4 is 17.5 Å². The summed E-state index contributed by atoms with van der Waals surface area (Å²) in [5.74, 6) is 0.124. The van der Waals surface area contributed by atoms with Gasteiger partial charge in [-0.1, -0.05) is 31.9 Å². The molecule has 6 heteroatoms. The van der Waals surface area contributed by atoms with E-state index in [2.05, 4.69) is 17.6 Å². The molecule has 2 aromatic rings. The summed E-state index contributed by atoms with van der Waals surface area (Å²) in [6, 6.07) is 14.3. The van der Waals surface area contributed by atoms with Gasteiger partial charge in [0.15, 0.2) is 0 Å². The number of benzene rings is 2. The van der Waals surface area contributed by atoms with Gasteiger partial charge in [0.25, 0.3) is 0 Å². The van der Waals surface area contributed by atoms with Gasteiger partial charge >= 0.3 is 11.8 Å². The SMILES string of the molecule is CCCCCOc1ccc(NC(=O)C(=O)NCc2ccc(OCC)cc2)cc1. The molecule has 0 aliphatic heterocycles. The normalized spacial score (nSPS) is 10.2. The Kier molecular flexibility index (Phi) is 8.85. The average molecular weight is 384 g/mol. The Morgan fingerprint density at radius 1 is 0.821 bits per heavy atom. The standard InChI is InChI=1S/C22H28N2O4/c1-3-5-6-15-28-20-13-9-18(10-14-20)24-22(26)21(25)23-16-17-7-11-19(12-8-17)27-4-2/h7-14H,3-6,15-16H2,1-2H3,(H,23,25)(H,24,26). The van der Waals surface area contributed by atoms with Crippen LogP contribution in [0.3, 0.4) is 0 Å². The molecule has 0 fully saturated rings. The number of hydrogen-bond donors (Lipinski definition) is 2. The average Bonchev–Trinajstić information content (AvgIpc) is 2.72. The van der Waals surface area contributed by atoms with Gasteiger partial charge in [0.05, 0.1) is 13.2 Å². The van der Waals surface area contributed by atoms with Gasteiger partial charge in [-0.2, -0.15) is 0 Å². The van der Waals surface area contributed by atoms with E-state index in [1.807, 2.05) is 31.2 Å². The van der Waals surface area contributed by atoms with Crippen molar-refractivity contribution in [1.29, 1.82) is 0 Å². The van der Waals surface area contributed by atoms with E-state index in [1.54, 1.807) is 24.3 Å². The van der Waals surface area contributed by atoms with Crippen LogP contribution >= 0.6 is 0 Å². The number of nitrogens with one attached hydrogen (secondary N) is 2. The maximum absolute atomic E-state index is 12.0. The summed E-state index contributed by atoms with van der Waals surface area (Å²) in [7, 11) is 0. The van der Waals surface area contributed by atoms with Crippen LogP contribution in [-0.2, 0) is 16.1 Å². The van der Waals surface area contributed by atoms with Gasteiger partial charge in [-0.15, -0.1) is 0 Å². The smallest absolute Gasteiger partial charge is 0.313 e. The molecule has 2 N–H and O–H groups in total. The summed E-state index contributed by atoms with van der Waals surface area (Å²) in [4.78, 5) is 24.0. The van der Waals surface area contributed by atoms with Crippen molar-refractivity contribution in [2.75, 3.05) is 18.5 Å². The van der Waals surface area contributed by atoms with Crippen LogP contribution in [0.25, 0.3) is 0 Å². The Morgan fingerprint density at radius 2 is 1.46 bits per heavy atom. The van der Waals surface area contributed by atoms with Crippen molar-refractivity contribution in [3.8, 4) is 11.5 Å². The minimum Gasteiger partial charge on any atom is -0.494 e. The van der Waals surface area contributed by atoms with E-state index in [9.17, 15) is 9.59 Å². The molecule has 0 radical (unpaired) electrons. The first kappa shape index (κ1) is 21.3. The molecule has 0 atom stereocenters. The van der Waals surface area contributed by atoms with E-state index in [4.69, 9.17) is 9.47 Å². The predicted octanol–water partition coefficient (Wildman–Crippen LogP) is 3.91. The highest BCUT2D eigenvalue weighted by Gasteiger charge is 2.13. The molecular weight excluding hydrogens is 356 g/mol. The van der Waals surface area contributed by atoms with E-state index in [0.717, 1.165) is 36.3 Å². The van der Waals surface area contributed by atoms with Crippen LogP contribution in [0.4, 0.5) is 5.69 Å². The Balaban J connectivity index is 1.76. The van der Waals surface area contributed by atoms with Crippen molar-refractivity contribution in [2.24, 2.45) is 0 Å². The van der Waals surface area contributed by atoms with Gasteiger partial charge < -0.3 is 20.1 Å². The maximum Gasteiger partial charge on any atom is 0.313 e. The van der Waals surface area contributed by atoms with Gasteiger partial charge in [0, 0.05) is 12.2 Å². The number of carbonyl (C=O) groups excluding carboxylic acids is 2. The molecule has 150 valence electrons. The molecule has 6 nitrogen and oxygen atoms in total. The Morgan fingerprint density at radius 3 is 2.11 bits per heavy atom. The quantitative estimate of drug-likeness (QED) is 0.481. The highest BCUT2D eigenvalue weighted by Crippen LogP contribution is 2.16. The number of anilines is 1. The van der Waals surface area contributed by atoms with E-state index in [1.165, 1.54) is 0 Å². The molecule has 2 amide bonds. The molecule has 0 saturated heterocycles. The first-order valence-electron chi connectivity index (χ1n) is 9.66. The van der Waals surface area contributed by atoms with E-state index in [0.29, 0.717) is 18.9 Å². The first-order valence-corrected chi connectivity index (χ1v) is 9.66. The molecule has 0 aliphatic rings. The van der Waals surface area contributed by atoms with Crippen LogP contribution in [0.5, 0.6) is 11.5 Å². The Bertz CT molecular complexity index is 742. The minimum atomic E-state index is -0.706. The number of amides is 2. The lowest BCUT2D eigenvalue weighted by Crippen LogP contribution is -2.34. The second kappa shape index (κ2) is 11.6. The monoisotopic (exact) mass is 384 g/mol. The number of hydrogen-bond acceptors (Lipinski definition) is 4. The van der Waals surface area contributed by atoms with Crippen molar-refractivity contribution < 1.29 is 19.1 Å². The first-order chi connectivity index (χ1) is 13.6. The van der Waals surface area contributed by atoms with Crippen LogP contribution in [0, 0.1) is 0 Å². The zero-order chi connectivity index (χ0) is 20.2. The fourth-order valence-corrected chi connectivity index (χ4v) is 2.50. The van der Waals surface area contributed by atoms with Gasteiger partial charge in [-0.25, -0.2) is 0 Å². The summed E-state index contributed by atoms with van der Waals surface area (Å²) in [5, 5.41) is 5.19. The van der Waals surface area contributed by atoms with Gasteiger partial charge in [0.2, 0.25) is 0 Å². The Hall–Kier alpha value is -3.02. The maximum atomic E-state index is 12.0. The van der Waals surface area contributed by atoms with Crippen LogP contribution < -0.4 is 20.1 Å². The molecular formula is C22H28N2O4. The molecule has 0 saturated carbocycles. The molecule has 2 rings (SSSR count). The fourth-order valence-electron chi connectivity index (χ4n) is 2.50. The predicted molar refractivity (Wildman–Crippen MR) is 110 cm³/mol. The van der Waals surface area contributed by atoms with Crippen LogP contribution in [-0.4, -0.2) is 25.0 Å². The molecule has 0 aromatic heterocycles. The number of rotatable bonds is 10. The third-order valence-electron chi connectivity index (χ3n) is 4.02. The lowest BCUT2D eigenvalue weighted by atomic mass is 10.2. The van der Waals surface area contributed by atoms with Gasteiger partial charge in [-0.3, -0.25) is 9.59 Å². The summed E-state index contributed by atoms with van der Waals surface area (Å²) in [5.41, 5.74) is 1.43. The molecule has 0 bridgehead atoms. The minimum absolute atomic E-state index is 0.267. The summed E-state index contributed by atoms with van der Waals surface area (Å²) < 4.78 is 11.0. The lowest BCUT2D eigenvalue weighted by Gasteiger charge is -2.09. The van der Waals surface area contributed by atoms with Crippen molar-refractivity contribution in [3.63, 3.8) is 0 Å². The van der Waals surface area contributed by atoms with Crippen molar-refractivity contribution in [3.05, 3.63) is 54.1 Å². The van der Waals surface area contributed by atoms with Gasteiger partial charge in [-0.05, 0) is 55.3 Å². The number of unbranched alkanes of at least 4 members (excludes halogenated alkanes) is 2. The zero-order valence-electron chi connectivity index (χ0n) is 16.5. The summed E-state index contributed by atoms with van der Waals surface area (Å²) >= 11 is 0. The molecule has 0 unspecified atom stereocenters. The molecule has 0 spiro atoms. The molecule has 2 aromatic carbocycles. The molecule has 28 heavy (non-hydrogen) atoms. The van der Waals surface area contributed by atoms with Gasteiger partial charge in [0.1, 0.15) is 11.5 Å². The molecule has 0 aliphatic carbocycles. The van der Waals surface area contributed by atoms with Crippen LogP contribution in [0.1, 0.15) is 38.7 Å². The Labute approximate surface area is 166 Å². The highest BCUT2D eigenvalue weighted by atomic mass is 16.5. The van der Waals surface area contributed by atoms with E-state index < -0.39 is 11.8 Å². The second-order valence-corrected chi connectivity index (χ2v) is 6.29. The summed E-state index contributed by atoms with van der Waals surface area (Å²) in [6.07, 6.45) is 3.30. The third-order valence-corrected chi connectivity index (χ3v) is 4.02. The topological polar surface area (TPSA) is 76.7 Å². The number of ether oxygens (including phenoxy) is 2. The fraction of sp³-hybridized carbons (Fsp3) is 0.364. The van der Waals surface area contributed by atoms with Crippen molar-refractivity contribution in [1.82, 2.24) is 5.32 Å². The zero-order valence-corrected chi connectivity index (χ0v) is 16.5. The van der Waals surface area contributed by atoms with E-state index >= 15 is 0 Å². The number of carbonyl (C=O) groups is 2. The summed E-state index contributed by atoms with van der Waals surface area (Å²) in [6.45, 7) is 5.60. The van der Waals surface area contributed by atoms with Crippen LogP contribution in [0.2, 0.25) is 0 Å². The largest absolute Gasteiger partial charge is 0.494 e. The second-order valence-electron chi connectivity index (χ2n) is 6.29. The van der Waals surface area contributed by atoms with E-state index in [-0.39, 0.29) is 6.54 Å².